The standard InChI is InChI=1S/C14H20O7/c1-19-7-8-2-4-9(5-3-8)20-14-13(18)12(17)11(16)10(6-15)21-14/h2-5,10-18H,6-7H2,1H3/t10-,11-,12+,13-,14-/m1/s1. The largest absolute Gasteiger partial charge is 0.462 e. The summed E-state index contributed by atoms with van der Waals surface area (Å²) in [6.45, 7) is -0.0160. The molecule has 5 atom stereocenters. The molecule has 1 heterocycles. The molecule has 1 fully saturated rings. The molecule has 2 rings (SSSR count). The Morgan fingerprint density at radius 3 is 2.29 bits per heavy atom. The number of methoxy groups -OCH3 is 1. The number of benzene rings is 1. The van der Waals surface area contributed by atoms with Crippen molar-refractivity contribution in [3.8, 4) is 5.75 Å². The van der Waals surface area contributed by atoms with Gasteiger partial charge in [-0.25, -0.2) is 0 Å². The second kappa shape index (κ2) is 7.17. The van der Waals surface area contributed by atoms with Crippen molar-refractivity contribution < 1.29 is 34.6 Å². The molecule has 0 aromatic heterocycles. The lowest BCUT2D eigenvalue weighted by atomic mass is 9.99. The first-order chi connectivity index (χ1) is 10.1. The molecule has 1 saturated heterocycles. The van der Waals surface area contributed by atoms with Gasteiger partial charge in [0.05, 0.1) is 13.2 Å². The van der Waals surface area contributed by atoms with Gasteiger partial charge in [0.15, 0.2) is 0 Å². The second-order valence-electron chi connectivity index (χ2n) is 4.89. The highest BCUT2D eigenvalue weighted by atomic mass is 16.7. The number of hydrogen-bond acceptors (Lipinski definition) is 7. The van der Waals surface area contributed by atoms with E-state index in [4.69, 9.17) is 19.3 Å². The van der Waals surface area contributed by atoms with Gasteiger partial charge in [0, 0.05) is 7.11 Å². The molecule has 0 radical (unpaired) electrons. The molecule has 7 nitrogen and oxygen atoms in total. The Bertz CT molecular complexity index is 433. The Morgan fingerprint density at radius 1 is 1.05 bits per heavy atom. The number of hydrogen-bond donors (Lipinski definition) is 4. The molecular formula is C14H20O7. The zero-order chi connectivity index (χ0) is 15.4. The predicted molar refractivity (Wildman–Crippen MR) is 71.6 cm³/mol. The topological polar surface area (TPSA) is 109 Å². The van der Waals surface area contributed by atoms with Gasteiger partial charge in [0.2, 0.25) is 6.29 Å². The van der Waals surface area contributed by atoms with Crippen LogP contribution in [0.2, 0.25) is 0 Å². The summed E-state index contributed by atoms with van der Waals surface area (Å²) >= 11 is 0. The molecule has 0 aliphatic carbocycles. The minimum Gasteiger partial charge on any atom is -0.462 e. The van der Waals surface area contributed by atoms with E-state index in [9.17, 15) is 15.3 Å². The van der Waals surface area contributed by atoms with Gasteiger partial charge in [0.1, 0.15) is 30.2 Å². The zero-order valence-electron chi connectivity index (χ0n) is 11.6. The van der Waals surface area contributed by atoms with E-state index < -0.39 is 37.3 Å². The lowest BCUT2D eigenvalue weighted by Crippen LogP contribution is -2.60. The molecule has 4 N–H and O–H groups in total. The van der Waals surface area contributed by atoms with E-state index in [1.165, 1.54) is 0 Å². The summed E-state index contributed by atoms with van der Waals surface area (Å²) in [5.41, 5.74) is 0.957. The molecule has 21 heavy (non-hydrogen) atoms. The van der Waals surface area contributed by atoms with E-state index in [0.717, 1.165) is 5.56 Å². The summed E-state index contributed by atoms with van der Waals surface area (Å²) in [4.78, 5) is 0. The van der Waals surface area contributed by atoms with E-state index in [2.05, 4.69) is 0 Å². The van der Waals surface area contributed by atoms with Gasteiger partial charge in [-0.1, -0.05) is 12.1 Å². The third kappa shape index (κ3) is 3.70. The lowest BCUT2D eigenvalue weighted by molar-refractivity contribution is -0.277. The molecule has 0 bridgehead atoms. The monoisotopic (exact) mass is 300 g/mol. The number of aliphatic hydroxyl groups is 4. The van der Waals surface area contributed by atoms with Crippen LogP contribution in [0.1, 0.15) is 5.56 Å². The maximum Gasteiger partial charge on any atom is 0.229 e. The van der Waals surface area contributed by atoms with Crippen molar-refractivity contribution in [1.29, 1.82) is 0 Å². The van der Waals surface area contributed by atoms with Gasteiger partial charge in [-0.15, -0.1) is 0 Å². The van der Waals surface area contributed by atoms with Crippen LogP contribution in [0, 0.1) is 0 Å². The first-order valence-corrected chi connectivity index (χ1v) is 6.62. The predicted octanol–water partition coefficient (Wildman–Crippen LogP) is -0.988. The molecule has 1 aromatic rings. The second-order valence-corrected chi connectivity index (χ2v) is 4.89. The van der Waals surface area contributed by atoms with Crippen LogP contribution in [-0.2, 0) is 16.1 Å². The highest BCUT2D eigenvalue weighted by Crippen LogP contribution is 2.24. The molecule has 7 heteroatoms. The average molecular weight is 300 g/mol. The van der Waals surface area contributed by atoms with E-state index >= 15 is 0 Å². The van der Waals surface area contributed by atoms with Crippen molar-refractivity contribution in [1.82, 2.24) is 0 Å². The summed E-state index contributed by atoms with van der Waals surface area (Å²) < 4.78 is 15.7. The maximum atomic E-state index is 9.86. The summed E-state index contributed by atoms with van der Waals surface area (Å²) in [7, 11) is 1.60. The minimum absolute atomic E-state index is 0.430. The summed E-state index contributed by atoms with van der Waals surface area (Å²) in [6.07, 6.45) is -6.42. The van der Waals surface area contributed by atoms with Gasteiger partial charge in [-0.05, 0) is 17.7 Å². The SMILES string of the molecule is COCc1ccc(O[C@@H]2O[C@H](CO)[C@@H](O)[C@H](O)[C@H]2O)cc1. The number of aliphatic hydroxyl groups excluding tert-OH is 4. The van der Waals surface area contributed by atoms with E-state index in [1.807, 2.05) is 0 Å². The normalized spacial score (nSPS) is 32.9. The zero-order valence-corrected chi connectivity index (χ0v) is 11.6. The quantitative estimate of drug-likeness (QED) is 0.553. The van der Waals surface area contributed by atoms with Gasteiger partial charge >= 0.3 is 0 Å². The minimum atomic E-state index is -1.45. The molecule has 1 aliphatic heterocycles. The summed E-state index contributed by atoms with van der Waals surface area (Å²) in [5, 5.41) is 38.3. The fourth-order valence-corrected chi connectivity index (χ4v) is 2.13. The number of ether oxygens (including phenoxy) is 3. The molecule has 0 saturated carbocycles. The van der Waals surface area contributed by atoms with E-state index in [1.54, 1.807) is 31.4 Å². The first-order valence-electron chi connectivity index (χ1n) is 6.62. The third-order valence-electron chi connectivity index (χ3n) is 3.34. The van der Waals surface area contributed by atoms with Gasteiger partial charge in [-0.2, -0.15) is 0 Å². The molecule has 1 aliphatic rings. The maximum absolute atomic E-state index is 9.86. The molecule has 118 valence electrons. The molecule has 0 amide bonds. The Labute approximate surface area is 122 Å². The Kier molecular flexibility index (Phi) is 5.51. The van der Waals surface area contributed by atoms with Crippen molar-refractivity contribution >= 4 is 0 Å². The first kappa shape index (κ1) is 16.2. The fraction of sp³-hybridized carbons (Fsp3) is 0.571. The van der Waals surface area contributed by atoms with Crippen molar-refractivity contribution in [2.24, 2.45) is 0 Å². The Balaban J connectivity index is 2.03. The van der Waals surface area contributed by atoms with Crippen LogP contribution in [0.25, 0.3) is 0 Å². The van der Waals surface area contributed by atoms with Crippen LogP contribution in [0.5, 0.6) is 5.75 Å². The van der Waals surface area contributed by atoms with Gasteiger partial charge in [0.25, 0.3) is 0 Å². The van der Waals surface area contributed by atoms with Gasteiger partial charge in [-0.3, -0.25) is 0 Å². The Hall–Kier alpha value is -1.22. The van der Waals surface area contributed by atoms with Crippen LogP contribution in [-0.4, -0.2) is 64.8 Å². The molecule has 0 unspecified atom stereocenters. The average Bonchev–Trinajstić information content (AvgIpc) is 2.50. The molecule has 0 spiro atoms. The van der Waals surface area contributed by atoms with Crippen molar-refractivity contribution in [2.75, 3.05) is 13.7 Å². The third-order valence-corrected chi connectivity index (χ3v) is 3.34. The fourth-order valence-electron chi connectivity index (χ4n) is 2.13. The van der Waals surface area contributed by atoms with E-state index in [0.29, 0.717) is 12.4 Å². The van der Waals surface area contributed by atoms with Crippen LogP contribution >= 0.6 is 0 Å². The van der Waals surface area contributed by atoms with Gasteiger partial charge < -0.3 is 34.6 Å². The highest BCUT2D eigenvalue weighted by molar-refractivity contribution is 5.27. The highest BCUT2D eigenvalue weighted by Gasteiger charge is 2.44. The van der Waals surface area contributed by atoms with Crippen LogP contribution in [0.15, 0.2) is 24.3 Å². The Morgan fingerprint density at radius 2 is 1.71 bits per heavy atom. The van der Waals surface area contributed by atoms with Crippen LogP contribution in [0.3, 0.4) is 0 Å². The summed E-state index contributed by atoms with van der Waals surface area (Å²) in [6, 6.07) is 6.94. The van der Waals surface area contributed by atoms with Crippen LogP contribution in [0.4, 0.5) is 0 Å². The smallest absolute Gasteiger partial charge is 0.229 e. The van der Waals surface area contributed by atoms with Crippen molar-refractivity contribution in [2.45, 2.75) is 37.3 Å². The number of rotatable bonds is 5. The van der Waals surface area contributed by atoms with E-state index in [-0.39, 0.29) is 0 Å². The van der Waals surface area contributed by atoms with Crippen molar-refractivity contribution in [3.05, 3.63) is 29.8 Å². The van der Waals surface area contributed by atoms with Crippen LogP contribution < -0.4 is 4.74 Å². The molecule has 1 aromatic carbocycles. The lowest BCUT2D eigenvalue weighted by Gasteiger charge is -2.39. The molecular weight excluding hydrogens is 280 g/mol. The summed E-state index contributed by atoms with van der Waals surface area (Å²) in [5.74, 6) is 0.430. The van der Waals surface area contributed by atoms with Crippen molar-refractivity contribution in [3.63, 3.8) is 0 Å².